The lowest BCUT2D eigenvalue weighted by atomic mass is 9.57. The number of carbonyl (C=O) groups excluding carboxylic acids is 3. The van der Waals surface area contributed by atoms with Crippen LogP contribution in [-0.2, 0) is 27.3 Å². The first-order chi connectivity index (χ1) is 18.4. The van der Waals surface area contributed by atoms with E-state index in [4.69, 9.17) is 17.3 Å². The van der Waals surface area contributed by atoms with E-state index >= 15 is 0 Å². The second-order valence-corrected chi connectivity index (χ2v) is 12.2. The number of primary amides is 1. The number of hydrogen-bond donors (Lipinski definition) is 5. The molecule has 3 fully saturated rings. The number of nitrogens with two attached hydrogens (primary N) is 1. The highest BCUT2D eigenvalue weighted by atomic mass is 35.5. The van der Waals surface area contributed by atoms with Gasteiger partial charge in [-0.25, -0.2) is 0 Å². The number of hydrogen-bond acceptors (Lipinski definition) is 9. The summed E-state index contributed by atoms with van der Waals surface area (Å²) >= 11 is 6.90. The minimum absolute atomic E-state index is 0.0180. The summed E-state index contributed by atoms with van der Waals surface area (Å²) in [5.74, 6) is -6.70. The Bertz CT molecular complexity index is 1380. The van der Waals surface area contributed by atoms with Crippen molar-refractivity contribution in [2.75, 3.05) is 14.1 Å². The summed E-state index contributed by atoms with van der Waals surface area (Å²) in [4.78, 5) is 43.1. The Labute approximate surface area is 230 Å². The summed E-state index contributed by atoms with van der Waals surface area (Å²) in [5.41, 5.74) is 2.96. The van der Waals surface area contributed by atoms with Gasteiger partial charge in [0.15, 0.2) is 11.4 Å². The van der Waals surface area contributed by atoms with Gasteiger partial charge in [0.05, 0.1) is 11.6 Å². The maximum absolute atomic E-state index is 13.9. The van der Waals surface area contributed by atoms with E-state index in [1.165, 1.54) is 11.0 Å². The van der Waals surface area contributed by atoms with Gasteiger partial charge < -0.3 is 26.2 Å². The van der Waals surface area contributed by atoms with Crippen molar-refractivity contribution in [3.05, 3.63) is 44.7 Å². The number of halogens is 1. The Morgan fingerprint density at radius 3 is 2.33 bits per heavy atom. The monoisotopic (exact) mass is 557 g/mol. The molecule has 0 radical (unpaired) electrons. The fraction of sp³-hybridized carbons (Fsp3) is 0.536. The average molecular weight is 558 g/mol. The fourth-order valence-electron chi connectivity index (χ4n) is 7.94. The van der Waals surface area contributed by atoms with Crippen molar-refractivity contribution in [1.82, 2.24) is 9.80 Å². The Balaban J connectivity index is 1.47. The van der Waals surface area contributed by atoms with Gasteiger partial charge in [0.25, 0.3) is 5.91 Å². The highest BCUT2D eigenvalue weighted by Gasteiger charge is 2.64. The molecule has 5 aliphatic rings. The first kappa shape index (κ1) is 26.3. The number of carbonyl (C=O) groups is 3. The SMILES string of the molecule is CN(C)[C@@H]1C(=O)C(C(N)=O)=C(O)[C@@]2(O)C(=O)C3=C(O)c4c(O)cc(CN5C6CCC5CC6)c(Cl)c4C[C@H]3C[C@@H]12. The smallest absolute Gasteiger partial charge is 0.255 e. The van der Waals surface area contributed by atoms with Crippen LogP contribution in [-0.4, -0.2) is 85.5 Å². The van der Waals surface area contributed by atoms with Crippen molar-refractivity contribution < 1.29 is 34.8 Å². The van der Waals surface area contributed by atoms with E-state index < -0.39 is 58.0 Å². The second-order valence-electron chi connectivity index (χ2n) is 11.8. The van der Waals surface area contributed by atoms with Crippen molar-refractivity contribution in [1.29, 1.82) is 0 Å². The summed E-state index contributed by atoms with van der Waals surface area (Å²) in [6.07, 6.45) is 4.79. The molecule has 0 unspecified atom stereocenters. The molecule has 0 aromatic heterocycles. The topological polar surface area (TPSA) is 165 Å². The first-order valence-corrected chi connectivity index (χ1v) is 13.7. The van der Waals surface area contributed by atoms with Gasteiger partial charge in [0, 0.05) is 35.1 Å². The van der Waals surface area contributed by atoms with Crippen LogP contribution in [0, 0.1) is 11.8 Å². The van der Waals surface area contributed by atoms with E-state index in [-0.39, 0.29) is 29.7 Å². The molecule has 1 amide bonds. The third kappa shape index (κ3) is 3.48. The van der Waals surface area contributed by atoms with Gasteiger partial charge in [0.1, 0.15) is 22.8 Å². The predicted molar refractivity (Wildman–Crippen MR) is 141 cm³/mol. The molecule has 6 N–H and O–H groups in total. The number of rotatable bonds is 4. The maximum Gasteiger partial charge on any atom is 0.255 e. The molecule has 10 nitrogen and oxygen atoms in total. The Morgan fingerprint density at radius 1 is 1.15 bits per heavy atom. The van der Waals surface area contributed by atoms with Gasteiger partial charge >= 0.3 is 0 Å². The molecule has 2 aliphatic heterocycles. The molecule has 1 aromatic rings. The Hall–Kier alpha value is -2.92. The molecule has 2 saturated heterocycles. The number of phenolic OH excluding ortho intramolecular Hbond substituents is 1. The van der Waals surface area contributed by atoms with Gasteiger partial charge in [-0.15, -0.1) is 0 Å². The van der Waals surface area contributed by atoms with Crippen LogP contribution < -0.4 is 5.73 Å². The number of ketones is 2. The largest absolute Gasteiger partial charge is 0.508 e. The summed E-state index contributed by atoms with van der Waals surface area (Å²) < 4.78 is 0. The molecule has 39 heavy (non-hydrogen) atoms. The van der Waals surface area contributed by atoms with Crippen molar-refractivity contribution in [2.45, 2.75) is 68.8 Å². The Kier molecular flexibility index (Phi) is 5.93. The van der Waals surface area contributed by atoms with Gasteiger partial charge in [-0.2, -0.15) is 0 Å². The number of aliphatic hydroxyl groups is 3. The number of phenols is 1. The normalized spacial score (nSPS) is 34.0. The van der Waals surface area contributed by atoms with Crippen LogP contribution in [0.4, 0.5) is 0 Å². The number of fused-ring (bicyclic) bond motifs is 5. The van der Waals surface area contributed by atoms with Gasteiger partial charge in [0.2, 0.25) is 5.78 Å². The summed E-state index contributed by atoms with van der Waals surface area (Å²) in [6, 6.07) is 1.39. The van der Waals surface area contributed by atoms with Crippen LogP contribution in [0.15, 0.2) is 23.0 Å². The van der Waals surface area contributed by atoms with E-state index in [1.54, 1.807) is 14.1 Å². The van der Waals surface area contributed by atoms with E-state index in [0.29, 0.717) is 29.2 Å². The number of amides is 1. The molecule has 208 valence electrons. The van der Waals surface area contributed by atoms with Crippen molar-refractivity contribution in [3.8, 4) is 5.75 Å². The predicted octanol–water partition coefficient (Wildman–Crippen LogP) is 1.74. The number of likely N-dealkylation sites (N-methyl/N-ethyl adjacent to an activating group) is 1. The lowest BCUT2D eigenvalue weighted by Gasteiger charge is -2.50. The standard InChI is InChI=1S/C28H32ClN3O7/c1-31(2)22-16-8-11-7-15-19(17(33)9-12(21(15)29)10-32-13-3-4-14(32)6-5-13)23(34)18(11)25(36)28(16,39)26(37)20(24(22)35)27(30)38/h9,11,13-14,16,22,33-34,37,39H,3-8,10H2,1-2H3,(H2,30,38)/t11-,13?,14?,16-,22-,28-/m0/s1. The van der Waals surface area contributed by atoms with Crippen LogP contribution in [0.3, 0.4) is 0 Å². The fourth-order valence-corrected chi connectivity index (χ4v) is 8.22. The Morgan fingerprint density at radius 2 is 1.77 bits per heavy atom. The molecule has 4 atom stereocenters. The zero-order valence-corrected chi connectivity index (χ0v) is 22.5. The van der Waals surface area contributed by atoms with E-state index in [9.17, 15) is 34.8 Å². The highest BCUT2D eigenvalue weighted by molar-refractivity contribution is 6.32. The van der Waals surface area contributed by atoms with Crippen LogP contribution in [0.25, 0.3) is 5.76 Å². The lowest BCUT2D eigenvalue weighted by Crippen LogP contribution is -2.65. The molecule has 3 aliphatic carbocycles. The van der Waals surface area contributed by atoms with Crippen molar-refractivity contribution >= 4 is 34.8 Å². The second kappa shape index (κ2) is 8.79. The van der Waals surface area contributed by atoms with Crippen LogP contribution >= 0.6 is 11.6 Å². The highest BCUT2D eigenvalue weighted by Crippen LogP contribution is 2.54. The van der Waals surface area contributed by atoms with Gasteiger partial charge in [-0.05, 0) is 75.7 Å². The number of benzene rings is 1. The molecule has 11 heteroatoms. The molecule has 2 bridgehead atoms. The quantitative estimate of drug-likeness (QED) is 0.347. The van der Waals surface area contributed by atoms with E-state index in [2.05, 4.69) is 4.90 Å². The number of nitrogens with zero attached hydrogens (tertiary/aromatic N) is 2. The zero-order valence-electron chi connectivity index (χ0n) is 21.8. The molecule has 6 rings (SSSR count). The lowest BCUT2D eigenvalue weighted by molar-refractivity contribution is -0.153. The average Bonchev–Trinajstić information content (AvgIpc) is 3.43. The molecular weight excluding hydrogens is 526 g/mol. The summed E-state index contributed by atoms with van der Waals surface area (Å²) in [5, 5.41) is 45.4. The number of aromatic hydroxyl groups is 1. The van der Waals surface area contributed by atoms with Crippen LogP contribution in [0.5, 0.6) is 5.75 Å². The van der Waals surface area contributed by atoms with E-state index in [0.717, 1.165) is 31.2 Å². The summed E-state index contributed by atoms with van der Waals surface area (Å²) in [6.45, 7) is 0.573. The van der Waals surface area contributed by atoms with Crippen LogP contribution in [0.1, 0.15) is 48.8 Å². The molecule has 2 heterocycles. The third-order valence-electron chi connectivity index (χ3n) is 9.69. The summed E-state index contributed by atoms with van der Waals surface area (Å²) in [7, 11) is 3.14. The third-order valence-corrected chi connectivity index (χ3v) is 10.2. The van der Waals surface area contributed by atoms with Gasteiger partial charge in [-0.3, -0.25) is 24.2 Å². The zero-order chi connectivity index (χ0) is 28.1. The minimum Gasteiger partial charge on any atom is -0.508 e. The van der Waals surface area contributed by atoms with Crippen LogP contribution in [0.2, 0.25) is 5.02 Å². The molecular formula is C28H32ClN3O7. The van der Waals surface area contributed by atoms with Gasteiger partial charge in [-0.1, -0.05) is 11.6 Å². The minimum atomic E-state index is -2.65. The van der Waals surface area contributed by atoms with Crippen molar-refractivity contribution in [2.24, 2.45) is 17.6 Å². The number of Topliss-reactive ketones (excluding diaryl/α,β-unsaturated/α-hetero) is 2. The first-order valence-electron chi connectivity index (χ1n) is 13.3. The van der Waals surface area contributed by atoms with E-state index in [1.807, 2.05) is 0 Å². The molecule has 0 spiro atoms. The van der Waals surface area contributed by atoms with Crippen molar-refractivity contribution in [3.63, 3.8) is 0 Å². The molecule has 1 saturated carbocycles. The molecule has 1 aromatic carbocycles. The maximum atomic E-state index is 13.9. The number of aliphatic hydroxyl groups excluding tert-OH is 2.